The minimum Gasteiger partial charge on any atom is -0.385 e. The number of ether oxygens (including phenoxy) is 1. The standard InChI is InChI=1S/C13H26N2O2/c1-12(2)10(14)13(3,4)11(12)15-9(16)7-6-8-17-5/h10-11H,6-8,14H2,1-5H3,(H,15,16). The zero-order valence-corrected chi connectivity index (χ0v) is 11.7. The van der Waals surface area contributed by atoms with Gasteiger partial charge in [-0.3, -0.25) is 4.79 Å². The Balaban J connectivity index is 2.48. The average Bonchev–Trinajstić information content (AvgIpc) is 2.25. The molecule has 0 aromatic carbocycles. The van der Waals surface area contributed by atoms with Crippen LogP contribution in [0, 0.1) is 10.8 Å². The summed E-state index contributed by atoms with van der Waals surface area (Å²) < 4.78 is 4.94. The third-order valence-electron chi connectivity index (χ3n) is 4.15. The molecule has 0 heterocycles. The van der Waals surface area contributed by atoms with Crippen molar-refractivity contribution >= 4 is 5.91 Å². The average molecular weight is 242 g/mol. The molecule has 1 rings (SSSR count). The predicted octanol–water partition coefficient (Wildman–Crippen LogP) is 1.29. The molecule has 4 nitrogen and oxygen atoms in total. The molecule has 1 fully saturated rings. The SMILES string of the molecule is COCCCC(=O)NC1C(C)(C)C(N)C1(C)C. The van der Waals surface area contributed by atoms with Gasteiger partial charge in [0, 0.05) is 43.1 Å². The molecule has 0 unspecified atom stereocenters. The fourth-order valence-electron chi connectivity index (χ4n) is 3.16. The van der Waals surface area contributed by atoms with Gasteiger partial charge in [-0.2, -0.15) is 0 Å². The molecule has 4 heteroatoms. The number of carbonyl (C=O) groups excluding carboxylic acids is 1. The number of rotatable bonds is 5. The summed E-state index contributed by atoms with van der Waals surface area (Å²) in [5.74, 6) is 0.0973. The number of hydrogen-bond donors (Lipinski definition) is 2. The van der Waals surface area contributed by atoms with E-state index in [9.17, 15) is 4.79 Å². The molecule has 0 bridgehead atoms. The van der Waals surface area contributed by atoms with Crippen molar-refractivity contribution in [2.45, 2.75) is 52.6 Å². The van der Waals surface area contributed by atoms with E-state index in [4.69, 9.17) is 10.5 Å². The lowest BCUT2D eigenvalue weighted by atomic mass is 9.48. The van der Waals surface area contributed by atoms with Crippen LogP contribution in [0.5, 0.6) is 0 Å². The Kier molecular flexibility index (Phi) is 4.20. The maximum atomic E-state index is 11.8. The van der Waals surface area contributed by atoms with Crippen molar-refractivity contribution < 1.29 is 9.53 Å². The Hall–Kier alpha value is -0.610. The van der Waals surface area contributed by atoms with Crippen LogP contribution in [0.2, 0.25) is 0 Å². The normalized spacial score (nSPS) is 29.5. The molecule has 1 amide bonds. The van der Waals surface area contributed by atoms with E-state index in [1.807, 2.05) is 0 Å². The first-order valence-electron chi connectivity index (χ1n) is 6.28. The first kappa shape index (κ1) is 14.5. The summed E-state index contributed by atoms with van der Waals surface area (Å²) in [4.78, 5) is 11.8. The molecule has 0 radical (unpaired) electrons. The number of nitrogens with two attached hydrogens (primary N) is 1. The van der Waals surface area contributed by atoms with Crippen LogP contribution in [-0.4, -0.2) is 31.7 Å². The van der Waals surface area contributed by atoms with Crippen LogP contribution in [0.3, 0.4) is 0 Å². The molecule has 17 heavy (non-hydrogen) atoms. The predicted molar refractivity (Wildman–Crippen MR) is 68.6 cm³/mol. The number of hydrogen-bond acceptors (Lipinski definition) is 3. The van der Waals surface area contributed by atoms with E-state index >= 15 is 0 Å². The van der Waals surface area contributed by atoms with Crippen molar-refractivity contribution in [2.24, 2.45) is 16.6 Å². The van der Waals surface area contributed by atoms with E-state index in [2.05, 4.69) is 33.0 Å². The summed E-state index contributed by atoms with van der Waals surface area (Å²) >= 11 is 0. The van der Waals surface area contributed by atoms with Crippen LogP contribution in [0.15, 0.2) is 0 Å². The van der Waals surface area contributed by atoms with Gasteiger partial charge in [0.15, 0.2) is 0 Å². The molecule has 0 aromatic rings. The second-order valence-corrected chi connectivity index (χ2v) is 6.22. The third kappa shape index (κ3) is 2.63. The summed E-state index contributed by atoms with van der Waals surface area (Å²) in [7, 11) is 1.65. The fourth-order valence-corrected chi connectivity index (χ4v) is 3.16. The zero-order chi connectivity index (χ0) is 13.3. The summed E-state index contributed by atoms with van der Waals surface area (Å²) in [6.07, 6.45) is 1.29. The second-order valence-electron chi connectivity index (χ2n) is 6.22. The third-order valence-corrected chi connectivity index (χ3v) is 4.15. The number of amides is 1. The highest BCUT2D eigenvalue weighted by Crippen LogP contribution is 2.52. The van der Waals surface area contributed by atoms with Crippen molar-refractivity contribution in [2.75, 3.05) is 13.7 Å². The van der Waals surface area contributed by atoms with Gasteiger partial charge in [0.05, 0.1) is 0 Å². The van der Waals surface area contributed by atoms with Gasteiger partial charge in [-0.15, -0.1) is 0 Å². The summed E-state index contributed by atoms with van der Waals surface area (Å²) in [5.41, 5.74) is 6.10. The van der Waals surface area contributed by atoms with Gasteiger partial charge >= 0.3 is 0 Å². The maximum absolute atomic E-state index is 11.8. The molecule has 0 aliphatic heterocycles. The van der Waals surface area contributed by atoms with E-state index in [1.54, 1.807) is 7.11 Å². The molecule has 3 N–H and O–H groups in total. The number of methoxy groups -OCH3 is 1. The van der Waals surface area contributed by atoms with Gasteiger partial charge in [-0.05, 0) is 6.42 Å². The quantitative estimate of drug-likeness (QED) is 0.714. The molecule has 1 saturated carbocycles. The largest absolute Gasteiger partial charge is 0.385 e. The Morgan fingerprint density at radius 3 is 2.29 bits per heavy atom. The smallest absolute Gasteiger partial charge is 0.220 e. The van der Waals surface area contributed by atoms with Crippen LogP contribution in [-0.2, 0) is 9.53 Å². The minimum absolute atomic E-state index is 0.0274. The molecule has 100 valence electrons. The molecule has 0 saturated heterocycles. The molecule has 0 spiro atoms. The highest BCUT2D eigenvalue weighted by atomic mass is 16.5. The highest BCUT2D eigenvalue weighted by molar-refractivity contribution is 5.76. The van der Waals surface area contributed by atoms with Gasteiger partial charge in [-0.25, -0.2) is 0 Å². The Labute approximate surface area is 104 Å². The van der Waals surface area contributed by atoms with Gasteiger partial charge in [-0.1, -0.05) is 27.7 Å². The van der Waals surface area contributed by atoms with Gasteiger partial charge in [0.1, 0.15) is 0 Å². The summed E-state index contributed by atoms with van der Waals surface area (Å²) in [6, 6.07) is 0.277. The van der Waals surface area contributed by atoms with Crippen molar-refractivity contribution in [1.29, 1.82) is 0 Å². The van der Waals surface area contributed by atoms with Crippen LogP contribution < -0.4 is 11.1 Å². The van der Waals surface area contributed by atoms with Crippen LogP contribution in [0.4, 0.5) is 0 Å². The first-order valence-corrected chi connectivity index (χ1v) is 6.28. The first-order chi connectivity index (χ1) is 7.74. The van der Waals surface area contributed by atoms with Crippen LogP contribution >= 0.6 is 0 Å². The number of nitrogens with one attached hydrogen (secondary N) is 1. The molecule has 0 atom stereocenters. The Morgan fingerprint density at radius 2 is 1.82 bits per heavy atom. The number of carbonyl (C=O) groups is 1. The maximum Gasteiger partial charge on any atom is 0.220 e. The molecule has 1 aliphatic carbocycles. The van der Waals surface area contributed by atoms with Crippen molar-refractivity contribution in [3.05, 3.63) is 0 Å². The molecule has 0 aromatic heterocycles. The Bertz CT molecular complexity index is 271. The zero-order valence-electron chi connectivity index (χ0n) is 11.7. The summed E-state index contributed by atoms with van der Waals surface area (Å²) in [6.45, 7) is 9.09. The van der Waals surface area contributed by atoms with Gasteiger partial charge in [0.2, 0.25) is 5.91 Å². The van der Waals surface area contributed by atoms with E-state index in [0.29, 0.717) is 13.0 Å². The van der Waals surface area contributed by atoms with Gasteiger partial charge < -0.3 is 15.8 Å². The minimum atomic E-state index is -0.0274. The lowest BCUT2D eigenvalue weighted by Crippen LogP contribution is -2.76. The van der Waals surface area contributed by atoms with Gasteiger partial charge in [0.25, 0.3) is 0 Å². The van der Waals surface area contributed by atoms with E-state index < -0.39 is 0 Å². The van der Waals surface area contributed by atoms with Crippen molar-refractivity contribution in [3.63, 3.8) is 0 Å². The van der Waals surface area contributed by atoms with Crippen molar-refractivity contribution in [3.8, 4) is 0 Å². The van der Waals surface area contributed by atoms with E-state index in [-0.39, 0.29) is 28.8 Å². The lowest BCUT2D eigenvalue weighted by molar-refractivity contribution is -0.132. The molecular weight excluding hydrogens is 216 g/mol. The van der Waals surface area contributed by atoms with E-state index in [1.165, 1.54) is 0 Å². The summed E-state index contributed by atoms with van der Waals surface area (Å²) in [5, 5.41) is 3.11. The Morgan fingerprint density at radius 1 is 1.29 bits per heavy atom. The molecule has 1 aliphatic rings. The lowest BCUT2D eigenvalue weighted by Gasteiger charge is -2.62. The second kappa shape index (κ2) is 4.94. The fraction of sp³-hybridized carbons (Fsp3) is 0.923. The molecular formula is C13H26N2O2. The van der Waals surface area contributed by atoms with E-state index in [0.717, 1.165) is 6.42 Å². The topological polar surface area (TPSA) is 64.3 Å². The highest BCUT2D eigenvalue weighted by Gasteiger charge is 2.60. The monoisotopic (exact) mass is 242 g/mol. The van der Waals surface area contributed by atoms with Crippen LogP contribution in [0.1, 0.15) is 40.5 Å². The van der Waals surface area contributed by atoms with Crippen molar-refractivity contribution in [1.82, 2.24) is 5.32 Å². The van der Waals surface area contributed by atoms with Crippen LogP contribution in [0.25, 0.3) is 0 Å².